The van der Waals surface area contributed by atoms with E-state index in [1.54, 1.807) is 17.2 Å². The van der Waals surface area contributed by atoms with Gasteiger partial charge in [0, 0.05) is 42.6 Å². The van der Waals surface area contributed by atoms with Gasteiger partial charge in [-0.25, -0.2) is 0 Å². The van der Waals surface area contributed by atoms with Crippen LogP contribution < -0.4 is 10.2 Å². The van der Waals surface area contributed by atoms with Gasteiger partial charge in [-0.3, -0.25) is 14.6 Å². The van der Waals surface area contributed by atoms with Crippen LogP contribution in [0.4, 0.5) is 5.69 Å². The van der Waals surface area contributed by atoms with Gasteiger partial charge in [0.15, 0.2) is 5.41 Å². The van der Waals surface area contributed by atoms with Crippen molar-refractivity contribution in [2.75, 3.05) is 24.7 Å². The number of carbonyl (C=O) groups is 2. The lowest BCUT2D eigenvalue weighted by Crippen LogP contribution is -2.62. The lowest BCUT2D eigenvalue weighted by Gasteiger charge is -2.44. The molecule has 1 amide bonds. The van der Waals surface area contributed by atoms with Crippen LogP contribution in [-0.2, 0) is 19.7 Å². The van der Waals surface area contributed by atoms with Crippen molar-refractivity contribution < 1.29 is 14.3 Å². The van der Waals surface area contributed by atoms with Crippen LogP contribution in [0.3, 0.4) is 0 Å². The molecule has 0 aliphatic carbocycles. The fourth-order valence-corrected chi connectivity index (χ4v) is 4.57. The number of para-hydroxylation sites is 1. The molecule has 0 aromatic heterocycles. The number of carbonyl (C=O) groups excluding carboxylic acids is 2. The minimum Gasteiger partial charge on any atom is -0.459 e. The van der Waals surface area contributed by atoms with Crippen LogP contribution in [0, 0.1) is 0 Å². The van der Waals surface area contributed by atoms with Crippen molar-refractivity contribution in [3.63, 3.8) is 0 Å². The summed E-state index contributed by atoms with van der Waals surface area (Å²) < 4.78 is 5.84. The third-order valence-corrected chi connectivity index (χ3v) is 5.65. The molecule has 30 heavy (non-hydrogen) atoms. The molecule has 160 valence electrons. The Hall–Kier alpha value is -2.67. The first kappa shape index (κ1) is 20.6. The van der Waals surface area contributed by atoms with E-state index < -0.39 is 17.0 Å². The Morgan fingerprint density at radius 3 is 2.50 bits per heavy atom. The topological polar surface area (TPSA) is 74.2 Å². The highest BCUT2D eigenvalue weighted by molar-refractivity contribution is 6.14. The standard InChI is InChI=1S/C23H30N4O3/c1-15-12-26(13-16(2)25-15)20(28)23(21(29)30-22(3,4)5)10-17-11-24-14-27(17)19-9-7-6-8-18(19)23/h6-11,15-16,25H,12-14H2,1-5H3/t15-,16+,23?. The monoisotopic (exact) mass is 410 g/mol. The van der Waals surface area contributed by atoms with Gasteiger partial charge in [-0.2, -0.15) is 0 Å². The number of fused-ring (bicyclic) bond motifs is 3. The summed E-state index contributed by atoms with van der Waals surface area (Å²) in [6.07, 6.45) is 3.48. The fourth-order valence-electron chi connectivity index (χ4n) is 4.57. The van der Waals surface area contributed by atoms with Gasteiger partial charge in [0.1, 0.15) is 12.3 Å². The Bertz CT molecular complexity index is 923. The van der Waals surface area contributed by atoms with Crippen molar-refractivity contribution >= 4 is 23.8 Å². The summed E-state index contributed by atoms with van der Waals surface area (Å²) in [5, 5.41) is 3.45. The minimum absolute atomic E-state index is 0.143. The molecule has 0 spiro atoms. The molecule has 3 aliphatic heterocycles. The molecule has 1 aromatic rings. The van der Waals surface area contributed by atoms with Crippen molar-refractivity contribution in [2.24, 2.45) is 4.99 Å². The molecule has 1 aromatic carbocycles. The molecule has 1 fully saturated rings. The van der Waals surface area contributed by atoms with Gasteiger partial charge in [-0.05, 0) is 46.8 Å². The van der Waals surface area contributed by atoms with Gasteiger partial charge in [0.25, 0.3) is 0 Å². The molecule has 3 atom stereocenters. The lowest BCUT2D eigenvalue weighted by atomic mass is 9.74. The van der Waals surface area contributed by atoms with Gasteiger partial charge in [-0.15, -0.1) is 0 Å². The molecule has 1 unspecified atom stereocenters. The van der Waals surface area contributed by atoms with E-state index in [1.165, 1.54) is 0 Å². The van der Waals surface area contributed by atoms with Gasteiger partial charge in [0.2, 0.25) is 5.91 Å². The minimum atomic E-state index is -1.54. The first-order valence-electron chi connectivity index (χ1n) is 10.5. The average Bonchev–Trinajstić information content (AvgIpc) is 3.13. The molecule has 4 rings (SSSR count). The van der Waals surface area contributed by atoms with Crippen LogP contribution >= 0.6 is 0 Å². The van der Waals surface area contributed by atoms with Crippen molar-refractivity contribution in [2.45, 2.75) is 57.7 Å². The van der Waals surface area contributed by atoms with E-state index >= 15 is 0 Å². The molecule has 7 nitrogen and oxygen atoms in total. The lowest BCUT2D eigenvalue weighted by molar-refractivity contribution is -0.165. The molecular formula is C23H30N4O3. The first-order valence-corrected chi connectivity index (χ1v) is 10.5. The molecule has 7 heteroatoms. The number of hydrogen-bond donors (Lipinski definition) is 1. The summed E-state index contributed by atoms with van der Waals surface area (Å²) in [6, 6.07) is 7.86. The SMILES string of the molecule is C[C@@H]1CN(C(=O)C2(C(=O)OC(C)(C)C)C=C3C=NCN3c3ccccc32)C[C@H](C)N1. The Labute approximate surface area is 177 Å². The first-order chi connectivity index (χ1) is 14.1. The number of piperazine rings is 1. The van der Waals surface area contributed by atoms with Crippen LogP contribution in [0.5, 0.6) is 0 Å². The maximum absolute atomic E-state index is 14.1. The Morgan fingerprint density at radius 2 is 1.83 bits per heavy atom. The summed E-state index contributed by atoms with van der Waals surface area (Å²) in [5.41, 5.74) is -0.0320. The van der Waals surface area contributed by atoms with Gasteiger partial charge in [0.05, 0.1) is 5.70 Å². The number of aliphatic imine (C=N–C) groups is 1. The highest BCUT2D eigenvalue weighted by Gasteiger charge is 2.55. The van der Waals surface area contributed by atoms with Crippen molar-refractivity contribution in [1.82, 2.24) is 10.2 Å². The number of ether oxygens (including phenoxy) is 1. The molecule has 0 saturated carbocycles. The van der Waals surface area contributed by atoms with E-state index in [0.29, 0.717) is 25.3 Å². The van der Waals surface area contributed by atoms with Crippen molar-refractivity contribution in [3.8, 4) is 0 Å². The number of rotatable bonds is 2. The van der Waals surface area contributed by atoms with Gasteiger partial charge >= 0.3 is 5.97 Å². The highest BCUT2D eigenvalue weighted by atomic mass is 16.6. The second kappa shape index (κ2) is 7.23. The van der Waals surface area contributed by atoms with E-state index in [0.717, 1.165) is 11.4 Å². The Balaban J connectivity index is 1.88. The molecule has 3 aliphatic rings. The Morgan fingerprint density at radius 1 is 1.17 bits per heavy atom. The van der Waals surface area contributed by atoms with Crippen LogP contribution in [0.25, 0.3) is 0 Å². The maximum atomic E-state index is 14.1. The molecule has 1 N–H and O–H groups in total. The normalized spacial score (nSPS) is 28.0. The Kier molecular flexibility index (Phi) is 4.97. The van der Waals surface area contributed by atoms with Gasteiger partial charge < -0.3 is 19.9 Å². The van der Waals surface area contributed by atoms with E-state index in [1.807, 2.05) is 49.9 Å². The smallest absolute Gasteiger partial charge is 0.330 e. The van der Waals surface area contributed by atoms with Crippen LogP contribution in [0.15, 0.2) is 41.0 Å². The number of esters is 1. The van der Waals surface area contributed by atoms with Crippen molar-refractivity contribution in [1.29, 1.82) is 0 Å². The molecule has 0 bridgehead atoms. The zero-order chi connectivity index (χ0) is 21.7. The summed E-state index contributed by atoms with van der Waals surface area (Å²) in [6.45, 7) is 11.1. The zero-order valence-corrected chi connectivity index (χ0v) is 18.3. The number of hydrogen-bond acceptors (Lipinski definition) is 6. The van der Waals surface area contributed by atoms with E-state index in [2.05, 4.69) is 24.2 Å². The third-order valence-electron chi connectivity index (χ3n) is 5.65. The predicted molar refractivity (Wildman–Crippen MR) is 117 cm³/mol. The van der Waals surface area contributed by atoms with Crippen LogP contribution in [0.1, 0.15) is 40.2 Å². The number of nitrogens with zero attached hydrogens (tertiary/aromatic N) is 3. The molecule has 1 saturated heterocycles. The van der Waals surface area contributed by atoms with Crippen LogP contribution in [-0.4, -0.2) is 60.4 Å². The zero-order valence-electron chi connectivity index (χ0n) is 18.3. The number of benzene rings is 1. The van der Waals surface area contributed by atoms with E-state index in [4.69, 9.17) is 4.74 Å². The van der Waals surface area contributed by atoms with E-state index in [9.17, 15) is 9.59 Å². The number of allylic oxidation sites excluding steroid dienone is 1. The largest absolute Gasteiger partial charge is 0.459 e. The quantitative estimate of drug-likeness (QED) is 0.598. The second-order valence-corrected chi connectivity index (χ2v) is 9.46. The second-order valence-electron chi connectivity index (χ2n) is 9.46. The number of nitrogens with one attached hydrogen (secondary N) is 1. The summed E-state index contributed by atoms with van der Waals surface area (Å²) >= 11 is 0. The summed E-state index contributed by atoms with van der Waals surface area (Å²) in [4.78, 5) is 36.1. The number of anilines is 1. The average molecular weight is 411 g/mol. The summed E-state index contributed by atoms with van der Waals surface area (Å²) in [7, 11) is 0. The van der Waals surface area contributed by atoms with E-state index in [-0.39, 0.29) is 18.0 Å². The summed E-state index contributed by atoms with van der Waals surface area (Å²) in [5.74, 6) is -0.782. The number of amides is 1. The van der Waals surface area contributed by atoms with Gasteiger partial charge in [-0.1, -0.05) is 18.2 Å². The van der Waals surface area contributed by atoms with Crippen LogP contribution in [0.2, 0.25) is 0 Å². The predicted octanol–water partition coefficient (Wildman–Crippen LogP) is 2.22. The fraction of sp³-hybridized carbons (Fsp3) is 0.522. The molecular weight excluding hydrogens is 380 g/mol. The third kappa shape index (κ3) is 3.41. The maximum Gasteiger partial charge on any atom is 0.330 e. The van der Waals surface area contributed by atoms with Crippen molar-refractivity contribution in [3.05, 3.63) is 41.6 Å². The highest BCUT2D eigenvalue weighted by Crippen LogP contribution is 2.44. The molecule has 3 heterocycles. The molecule has 0 radical (unpaired) electrons.